The van der Waals surface area contributed by atoms with E-state index in [1.807, 2.05) is 42.5 Å². The Hall–Kier alpha value is -2.64. The van der Waals surface area contributed by atoms with Gasteiger partial charge in [-0.1, -0.05) is 6.07 Å². The summed E-state index contributed by atoms with van der Waals surface area (Å²) in [6.07, 6.45) is 3.30. The molecule has 3 N–H and O–H groups in total. The molecule has 1 aliphatic rings. The van der Waals surface area contributed by atoms with Crippen molar-refractivity contribution in [2.75, 3.05) is 38.2 Å². The van der Waals surface area contributed by atoms with Gasteiger partial charge in [0, 0.05) is 37.1 Å². The average Bonchev–Trinajstić information content (AvgIpc) is 2.71. The number of nitrogens with zero attached hydrogens (tertiary/aromatic N) is 2. The average molecular weight is 370 g/mol. The lowest BCUT2D eigenvalue weighted by Gasteiger charge is -2.32. The summed E-state index contributed by atoms with van der Waals surface area (Å²) in [5.74, 6) is 0.762. The maximum Gasteiger partial charge on any atom is 0.322 e. The summed E-state index contributed by atoms with van der Waals surface area (Å²) in [7, 11) is 0. The number of rotatable bonds is 7. The second kappa shape index (κ2) is 9.89. The number of carbonyl (C=O) groups is 1. The third-order valence-electron chi connectivity index (χ3n) is 4.37. The molecule has 1 atom stereocenters. The summed E-state index contributed by atoms with van der Waals surface area (Å²) in [6, 6.07) is 13.1. The molecule has 7 nitrogen and oxygen atoms in total. The summed E-state index contributed by atoms with van der Waals surface area (Å²) >= 11 is 0. The number of urea groups is 1. The normalized spacial score (nSPS) is 16.8. The zero-order chi connectivity index (χ0) is 18.9. The van der Waals surface area contributed by atoms with Gasteiger partial charge in [-0.05, 0) is 49.4 Å². The van der Waals surface area contributed by atoms with Crippen LogP contribution in [-0.4, -0.2) is 54.9 Å². The van der Waals surface area contributed by atoms with Crippen molar-refractivity contribution in [1.29, 1.82) is 0 Å². The highest BCUT2D eigenvalue weighted by atomic mass is 16.5. The first kappa shape index (κ1) is 19.1. The van der Waals surface area contributed by atoms with Crippen molar-refractivity contribution in [3.05, 3.63) is 54.4 Å². The van der Waals surface area contributed by atoms with Gasteiger partial charge in [0.1, 0.15) is 5.75 Å². The number of hydrogen-bond donors (Lipinski definition) is 2. The summed E-state index contributed by atoms with van der Waals surface area (Å²) in [5.41, 5.74) is 7.31. The van der Waals surface area contributed by atoms with E-state index in [1.165, 1.54) is 0 Å². The van der Waals surface area contributed by atoms with Crippen molar-refractivity contribution < 1.29 is 14.3 Å². The summed E-state index contributed by atoms with van der Waals surface area (Å²) in [4.78, 5) is 18.5. The molecule has 27 heavy (non-hydrogen) atoms. The lowest BCUT2D eigenvalue weighted by Crippen LogP contribution is -2.47. The van der Waals surface area contributed by atoms with Crippen LogP contribution < -0.4 is 15.8 Å². The second-order valence-corrected chi connectivity index (χ2v) is 6.39. The first-order valence-electron chi connectivity index (χ1n) is 9.25. The Morgan fingerprint density at radius 1 is 1.30 bits per heavy atom. The van der Waals surface area contributed by atoms with Crippen LogP contribution in [0.5, 0.6) is 5.75 Å². The van der Waals surface area contributed by atoms with E-state index in [2.05, 4.69) is 10.3 Å². The van der Waals surface area contributed by atoms with E-state index in [1.54, 1.807) is 11.1 Å². The third-order valence-corrected chi connectivity index (χ3v) is 4.37. The zero-order valence-corrected chi connectivity index (χ0v) is 15.3. The molecular formula is C20H26N4O3. The summed E-state index contributed by atoms with van der Waals surface area (Å²) in [6.45, 7) is 2.81. The van der Waals surface area contributed by atoms with E-state index in [9.17, 15) is 4.79 Å². The Kier molecular flexibility index (Phi) is 7.01. The van der Waals surface area contributed by atoms with Crippen molar-refractivity contribution in [3.63, 3.8) is 0 Å². The van der Waals surface area contributed by atoms with Crippen molar-refractivity contribution in [2.24, 2.45) is 5.73 Å². The topological polar surface area (TPSA) is 89.7 Å². The van der Waals surface area contributed by atoms with E-state index < -0.39 is 0 Å². The highest BCUT2D eigenvalue weighted by Gasteiger charge is 2.23. The smallest absolute Gasteiger partial charge is 0.322 e. The number of aromatic nitrogens is 1. The van der Waals surface area contributed by atoms with Gasteiger partial charge in [-0.2, -0.15) is 0 Å². The number of pyridine rings is 1. The summed E-state index contributed by atoms with van der Waals surface area (Å²) < 4.78 is 11.3. The molecule has 3 rings (SSSR count). The molecule has 2 aromatic rings. The molecule has 1 saturated heterocycles. The molecule has 0 radical (unpaired) electrons. The van der Waals surface area contributed by atoms with Gasteiger partial charge in [-0.3, -0.25) is 4.98 Å². The van der Waals surface area contributed by atoms with Crippen LogP contribution in [0.4, 0.5) is 10.5 Å². The van der Waals surface area contributed by atoms with Crippen molar-refractivity contribution in [3.8, 4) is 5.75 Å². The number of nitrogens with two attached hydrogens (primary N) is 1. The molecule has 0 bridgehead atoms. The minimum absolute atomic E-state index is 0.0179. The lowest BCUT2D eigenvalue weighted by molar-refractivity contribution is -0.0146. The van der Waals surface area contributed by atoms with Crippen LogP contribution >= 0.6 is 0 Å². The first-order chi connectivity index (χ1) is 13.2. The highest BCUT2D eigenvalue weighted by molar-refractivity contribution is 5.89. The number of anilines is 1. The predicted octanol–water partition coefficient (Wildman–Crippen LogP) is 2.28. The SMILES string of the molecule is NCC[C@H]1CN(C(=O)Nc2ccc(OCCc3ccccn3)cc2)CCO1. The van der Waals surface area contributed by atoms with E-state index in [-0.39, 0.29) is 12.1 Å². The maximum absolute atomic E-state index is 12.4. The fourth-order valence-corrected chi connectivity index (χ4v) is 2.92. The van der Waals surface area contributed by atoms with Gasteiger partial charge in [0.05, 0.1) is 19.3 Å². The van der Waals surface area contributed by atoms with Crippen LogP contribution in [0.25, 0.3) is 0 Å². The standard InChI is InChI=1S/C20H26N4O3/c21-10-8-19-15-24(12-14-27-19)20(25)23-17-4-6-18(7-5-17)26-13-9-16-3-1-2-11-22-16/h1-7,11,19H,8-10,12-15,21H2,(H,23,25)/t19-/m0/s1. The lowest BCUT2D eigenvalue weighted by atomic mass is 10.2. The molecule has 2 amide bonds. The monoisotopic (exact) mass is 370 g/mol. The number of nitrogens with one attached hydrogen (secondary N) is 1. The van der Waals surface area contributed by atoms with Crippen LogP contribution in [0.2, 0.25) is 0 Å². The highest BCUT2D eigenvalue weighted by Crippen LogP contribution is 2.17. The van der Waals surface area contributed by atoms with E-state index in [0.717, 1.165) is 30.0 Å². The third kappa shape index (κ3) is 5.94. The fraction of sp³-hybridized carbons (Fsp3) is 0.400. The van der Waals surface area contributed by atoms with Gasteiger partial charge in [0.15, 0.2) is 0 Å². The van der Waals surface area contributed by atoms with Crippen LogP contribution in [-0.2, 0) is 11.2 Å². The molecule has 0 spiro atoms. The number of benzene rings is 1. The Bertz CT molecular complexity index is 707. The minimum Gasteiger partial charge on any atom is -0.493 e. The quantitative estimate of drug-likeness (QED) is 0.780. The van der Waals surface area contributed by atoms with Crippen LogP contribution in [0.15, 0.2) is 48.7 Å². The van der Waals surface area contributed by atoms with Crippen molar-refractivity contribution in [2.45, 2.75) is 18.9 Å². The van der Waals surface area contributed by atoms with Gasteiger partial charge in [-0.25, -0.2) is 4.79 Å². The van der Waals surface area contributed by atoms with Gasteiger partial charge in [0.2, 0.25) is 0 Å². The van der Waals surface area contributed by atoms with Crippen LogP contribution in [0.3, 0.4) is 0 Å². The van der Waals surface area contributed by atoms with E-state index >= 15 is 0 Å². The second-order valence-electron chi connectivity index (χ2n) is 6.39. The number of ether oxygens (including phenoxy) is 2. The Labute approximate surface area is 159 Å². The largest absolute Gasteiger partial charge is 0.493 e. The van der Waals surface area contributed by atoms with Crippen molar-refractivity contribution >= 4 is 11.7 Å². The molecule has 0 aliphatic carbocycles. The van der Waals surface area contributed by atoms with Gasteiger partial charge < -0.3 is 25.4 Å². The molecule has 1 aromatic heterocycles. The Morgan fingerprint density at radius 2 is 2.15 bits per heavy atom. The van der Waals surface area contributed by atoms with Gasteiger partial charge in [-0.15, -0.1) is 0 Å². The molecular weight excluding hydrogens is 344 g/mol. The number of carbonyl (C=O) groups excluding carboxylic acids is 1. The molecule has 0 saturated carbocycles. The predicted molar refractivity (Wildman–Crippen MR) is 104 cm³/mol. The summed E-state index contributed by atoms with van der Waals surface area (Å²) in [5, 5.41) is 2.92. The Morgan fingerprint density at radius 3 is 2.89 bits per heavy atom. The molecule has 0 unspecified atom stereocenters. The molecule has 1 aromatic carbocycles. The van der Waals surface area contributed by atoms with Crippen LogP contribution in [0, 0.1) is 0 Å². The first-order valence-corrected chi connectivity index (χ1v) is 9.25. The molecule has 1 fully saturated rings. The van der Waals surface area contributed by atoms with Gasteiger partial charge in [0.25, 0.3) is 0 Å². The fourth-order valence-electron chi connectivity index (χ4n) is 2.92. The van der Waals surface area contributed by atoms with E-state index in [0.29, 0.717) is 32.8 Å². The minimum atomic E-state index is -0.121. The number of hydrogen-bond acceptors (Lipinski definition) is 5. The molecule has 1 aliphatic heterocycles. The molecule has 7 heteroatoms. The number of amides is 2. The van der Waals surface area contributed by atoms with E-state index in [4.69, 9.17) is 15.2 Å². The zero-order valence-electron chi connectivity index (χ0n) is 15.3. The van der Waals surface area contributed by atoms with Crippen LogP contribution in [0.1, 0.15) is 12.1 Å². The molecule has 144 valence electrons. The Balaban J connectivity index is 1.45. The maximum atomic E-state index is 12.4. The number of morpholine rings is 1. The van der Waals surface area contributed by atoms with Gasteiger partial charge >= 0.3 is 6.03 Å². The van der Waals surface area contributed by atoms with Crippen molar-refractivity contribution in [1.82, 2.24) is 9.88 Å². The molecule has 2 heterocycles.